The number of rotatable bonds is 6. The summed E-state index contributed by atoms with van der Waals surface area (Å²) in [4.78, 5) is 7.18. The van der Waals surface area contributed by atoms with Crippen molar-refractivity contribution in [1.29, 1.82) is 0 Å². The molecule has 0 unspecified atom stereocenters. The number of benzene rings is 2. The zero-order valence-corrected chi connectivity index (χ0v) is 16.9. The summed E-state index contributed by atoms with van der Waals surface area (Å²) in [7, 11) is 0. The van der Waals surface area contributed by atoms with Crippen molar-refractivity contribution in [1.82, 2.24) is 0 Å². The minimum absolute atomic E-state index is 0.569. The first-order chi connectivity index (χ1) is 13.1. The van der Waals surface area contributed by atoms with E-state index in [2.05, 4.69) is 99.4 Å². The average Bonchev–Trinajstić information content (AvgIpc) is 2.69. The third-order valence-electron chi connectivity index (χ3n) is 4.91. The topological polar surface area (TPSA) is 15.6 Å². The molecule has 3 rings (SSSR count). The Morgan fingerprint density at radius 2 is 1.56 bits per heavy atom. The minimum Gasteiger partial charge on any atom is -0.372 e. The van der Waals surface area contributed by atoms with Gasteiger partial charge in [0.05, 0.1) is 5.71 Å². The van der Waals surface area contributed by atoms with Crippen molar-refractivity contribution in [2.45, 2.75) is 27.7 Å². The normalized spacial score (nSPS) is 16.2. The Hall–Kier alpha value is -2.61. The van der Waals surface area contributed by atoms with Crippen LogP contribution < -0.4 is 4.90 Å². The van der Waals surface area contributed by atoms with Crippen LogP contribution in [0.3, 0.4) is 0 Å². The molecule has 0 heterocycles. The fourth-order valence-corrected chi connectivity index (χ4v) is 3.40. The number of fused-ring (bicyclic) bond motifs is 1. The molecule has 0 radical (unpaired) electrons. The zero-order valence-electron chi connectivity index (χ0n) is 16.9. The van der Waals surface area contributed by atoms with E-state index in [4.69, 9.17) is 4.99 Å². The fraction of sp³-hybridized carbons (Fsp3) is 0.320. The molecule has 0 fully saturated rings. The molecule has 27 heavy (non-hydrogen) atoms. The van der Waals surface area contributed by atoms with Crippen LogP contribution >= 0.6 is 0 Å². The quantitative estimate of drug-likeness (QED) is 0.610. The Morgan fingerprint density at radius 3 is 2.19 bits per heavy atom. The lowest BCUT2D eigenvalue weighted by Gasteiger charge is -2.21. The predicted molar refractivity (Wildman–Crippen MR) is 120 cm³/mol. The van der Waals surface area contributed by atoms with Gasteiger partial charge in [-0.15, -0.1) is 0 Å². The van der Waals surface area contributed by atoms with Gasteiger partial charge in [0.1, 0.15) is 0 Å². The Labute approximate surface area is 164 Å². The van der Waals surface area contributed by atoms with E-state index >= 15 is 0 Å². The van der Waals surface area contributed by atoms with Crippen LogP contribution in [-0.2, 0) is 0 Å². The molecule has 2 heteroatoms. The zero-order chi connectivity index (χ0) is 19.2. The summed E-state index contributed by atoms with van der Waals surface area (Å²) < 4.78 is 0. The highest BCUT2D eigenvalue weighted by atomic mass is 15.1. The molecule has 1 aliphatic carbocycles. The summed E-state index contributed by atoms with van der Waals surface area (Å²) in [5.41, 5.74) is 7.33. The predicted octanol–water partition coefficient (Wildman–Crippen LogP) is 6.09. The summed E-state index contributed by atoms with van der Waals surface area (Å²) in [5, 5.41) is 0. The first-order valence-corrected chi connectivity index (χ1v) is 10.0. The number of anilines is 1. The van der Waals surface area contributed by atoms with Gasteiger partial charge in [-0.3, -0.25) is 4.99 Å². The van der Waals surface area contributed by atoms with Crippen molar-refractivity contribution < 1.29 is 0 Å². The molecule has 2 aromatic carbocycles. The van der Waals surface area contributed by atoms with Crippen LogP contribution in [0, 0.1) is 5.92 Å². The summed E-state index contributed by atoms with van der Waals surface area (Å²) in [6.07, 6.45) is 6.61. The number of aliphatic imine (C=N–C) groups is 1. The first-order valence-electron chi connectivity index (χ1n) is 10.0. The van der Waals surface area contributed by atoms with Crippen molar-refractivity contribution in [3.8, 4) is 0 Å². The smallest absolute Gasteiger partial charge is 0.0653 e. The number of hydrogen-bond donors (Lipinski definition) is 0. The monoisotopic (exact) mass is 358 g/mol. The summed E-state index contributed by atoms with van der Waals surface area (Å²) in [5.74, 6) is 0.569. The summed E-state index contributed by atoms with van der Waals surface area (Å²) in [6, 6.07) is 17.4. The highest BCUT2D eigenvalue weighted by Crippen LogP contribution is 2.29. The lowest BCUT2D eigenvalue weighted by molar-refractivity contribution is 0.666. The van der Waals surface area contributed by atoms with Gasteiger partial charge in [-0.05, 0) is 60.8 Å². The third-order valence-corrected chi connectivity index (χ3v) is 4.91. The highest BCUT2D eigenvalue weighted by molar-refractivity contribution is 6.16. The summed E-state index contributed by atoms with van der Waals surface area (Å²) in [6.45, 7) is 11.7. The van der Waals surface area contributed by atoms with E-state index in [1.165, 1.54) is 28.0 Å². The molecule has 0 amide bonds. The van der Waals surface area contributed by atoms with E-state index in [0.29, 0.717) is 5.92 Å². The van der Waals surface area contributed by atoms with Crippen molar-refractivity contribution >= 4 is 23.0 Å². The van der Waals surface area contributed by atoms with Gasteiger partial charge in [0.15, 0.2) is 0 Å². The van der Waals surface area contributed by atoms with Gasteiger partial charge in [0, 0.05) is 30.9 Å². The molecule has 0 saturated heterocycles. The van der Waals surface area contributed by atoms with Gasteiger partial charge in [0.2, 0.25) is 0 Å². The number of allylic oxidation sites excluding steroid dienone is 3. The van der Waals surface area contributed by atoms with E-state index in [0.717, 1.165) is 25.3 Å². The minimum atomic E-state index is 0.569. The van der Waals surface area contributed by atoms with Crippen LogP contribution in [0.2, 0.25) is 0 Å². The molecule has 2 nitrogen and oxygen atoms in total. The van der Waals surface area contributed by atoms with Gasteiger partial charge >= 0.3 is 0 Å². The number of nitrogens with zero attached hydrogens (tertiary/aromatic N) is 2. The molecule has 0 spiro atoms. The van der Waals surface area contributed by atoms with Gasteiger partial charge in [0.25, 0.3) is 0 Å². The van der Waals surface area contributed by atoms with E-state index < -0.39 is 0 Å². The Kier molecular flexibility index (Phi) is 6.28. The standard InChI is InChI=1S/C25H30N2/c1-5-27(6-2)22-14-11-20(12-15-22)17-21-13-16-25(26-18-19(3)4)24-10-8-7-9-23(21)24/h7-17,19H,5-6,18H2,1-4H3. The molecule has 0 saturated carbocycles. The molecular formula is C25H30N2. The first kappa shape index (κ1) is 19.2. The van der Waals surface area contributed by atoms with E-state index in [-0.39, 0.29) is 0 Å². The average molecular weight is 359 g/mol. The Balaban J connectivity index is 1.91. The molecular weight excluding hydrogens is 328 g/mol. The maximum Gasteiger partial charge on any atom is 0.0653 e. The van der Waals surface area contributed by atoms with Crippen LogP contribution in [0.4, 0.5) is 5.69 Å². The molecule has 0 bridgehead atoms. The lowest BCUT2D eigenvalue weighted by Crippen LogP contribution is -2.21. The Bertz CT molecular complexity index is 850. The molecule has 2 aromatic rings. The van der Waals surface area contributed by atoms with E-state index in [9.17, 15) is 0 Å². The molecule has 0 atom stereocenters. The van der Waals surface area contributed by atoms with Gasteiger partial charge in [-0.1, -0.05) is 56.3 Å². The number of hydrogen-bond acceptors (Lipinski definition) is 2. The highest BCUT2D eigenvalue weighted by Gasteiger charge is 2.14. The van der Waals surface area contributed by atoms with E-state index in [1.807, 2.05) is 0 Å². The molecule has 0 N–H and O–H groups in total. The van der Waals surface area contributed by atoms with Crippen molar-refractivity contribution in [3.05, 3.63) is 77.4 Å². The second kappa shape index (κ2) is 8.85. The second-order valence-corrected chi connectivity index (χ2v) is 7.36. The van der Waals surface area contributed by atoms with Gasteiger partial charge in [-0.2, -0.15) is 0 Å². The third kappa shape index (κ3) is 4.57. The van der Waals surface area contributed by atoms with Gasteiger partial charge in [-0.25, -0.2) is 0 Å². The molecule has 1 aliphatic rings. The van der Waals surface area contributed by atoms with Crippen molar-refractivity contribution in [2.75, 3.05) is 24.5 Å². The van der Waals surface area contributed by atoms with Crippen LogP contribution in [0.1, 0.15) is 44.4 Å². The fourth-order valence-electron chi connectivity index (χ4n) is 3.40. The lowest BCUT2D eigenvalue weighted by atomic mass is 9.90. The van der Waals surface area contributed by atoms with Crippen LogP contribution in [0.15, 0.2) is 65.7 Å². The van der Waals surface area contributed by atoms with Gasteiger partial charge < -0.3 is 4.90 Å². The molecule has 0 aliphatic heterocycles. The van der Waals surface area contributed by atoms with Crippen LogP contribution in [-0.4, -0.2) is 25.3 Å². The van der Waals surface area contributed by atoms with Crippen LogP contribution in [0.25, 0.3) is 11.6 Å². The Morgan fingerprint density at radius 1 is 0.889 bits per heavy atom. The molecule has 0 aromatic heterocycles. The molecule has 140 valence electrons. The van der Waals surface area contributed by atoms with Crippen LogP contribution in [0.5, 0.6) is 0 Å². The second-order valence-electron chi connectivity index (χ2n) is 7.36. The maximum atomic E-state index is 4.81. The van der Waals surface area contributed by atoms with E-state index in [1.54, 1.807) is 0 Å². The van der Waals surface area contributed by atoms with Crippen molar-refractivity contribution in [3.63, 3.8) is 0 Å². The summed E-state index contributed by atoms with van der Waals surface area (Å²) >= 11 is 0. The largest absolute Gasteiger partial charge is 0.372 e. The maximum absolute atomic E-state index is 4.81. The van der Waals surface area contributed by atoms with Crippen molar-refractivity contribution in [2.24, 2.45) is 10.9 Å². The SMILES string of the molecule is CCN(CC)c1ccc(C=C2C=CC(=NCC(C)C)c3ccccc32)cc1.